The highest BCUT2D eigenvalue weighted by Gasteiger charge is 2.31. The van der Waals surface area contributed by atoms with Gasteiger partial charge in [0.1, 0.15) is 5.15 Å². The molecule has 112 valence electrons. The summed E-state index contributed by atoms with van der Waals surface area (Å²) < 4.78 is 37.7. The lowest BCUT2D eigenvalue weighted by atomic mass is 10.3. The molecule has 1 N–H and O–H groups in total. The summed E-state index contributed by atoms with van der Waals surface area (Å²) in [6, 6.07) is 1.45. The zero-order valence-electron chi connectivity index (χ0n) is 10.8. The Morgan fingerprint density at radius 2 is 2.10 bits per heavy atom. The van der Waals surface area contributed by atoms with E-state index in [4.69, 9.17) is 11.6 Å². The fourth-order valence-corrected chi connectivity index (χ4v) is 2.23. The van der Waals surface area contributed by atoms with Gasteiger partial charge in [-0.2, -0.15) is 13.2 Å². The number of thioether (sulfide) groups is 1. The first kappa shape index (κ1) is 16.9. The minimum absolute atomic E-state index is 0.170. The van der Waals surface area contributed by atoms with Gasteiger partial charge in [-0.1, -0.05) is 11.6 Å². The van der Waals surface area contributed by atoms with Crippen molar-refractivity contribution in [3.63, 3.8) is 0 Å². The number of urea groups is 1. The number of aromatic nitrogens is 1. The second-order valence-corrected chi connectivity index (χ2v) is 5.49. The summed E-state index contributed by atoms with van der Waals surface area (Å²) in [5.41, 5.74) is -0.836. The second kappa shape index (κ2) is 7.03. The maximum atomic E-state index is 12.6. The van der Waals surface area contributed by atoms with E-state index < -0.39 is 11.7 Å². The molecule has 4 nitrogen and oxygen atoms in total. The lowest BCUT2D eigenvalue weighted by Crippen LogP contribution is -2.35. The first-order valence-corrected chi connectivity index (χ1v) is 6.89. The average Bonchev–Trinajstić information content (AvgIpc) is 2.32. The van der Waals surface area contributed by atoms with E-state index in [0.29, 0.717) is 12.3 Å². The van der Waals surface area contributed by atoms with Crippen LogP contribution in [0.5, 0.6) is 0 Å². The van der Waals surface area contributed by atoms with Gasteiger partial charge in [0.05, 0.1) is 10.6 Å². The Morgan fingerprint density at radius 3 is 2.65 bits per heavy atom. The first-order valence-electron chi connectivity index (χ1n) is 5.53. The fourth-order valence-electron chi connectivity index (χ4n) is 1.18. The van der Waals surface area contributed by atoms with Crippen LogP contribution in [0.2, 0.25) is 5.15 Å². The molecule has 0 unspecified atom stereocenters. The normalized spacial score (nSPS) is 11.3. The SMILES string of the molecule is CN(C)C(=O)NCCSc1cc(C(F)(F)F)cc(Cl)n1. The molecule has 1 rings (SSSR count). The number of hydrogen-bond acceptors (Lipinski definition) is 3. The highest BCUT2D eigenvalue weighted by atomic mass is 35.5. The monoisotopic (exact) mass is 327 g/mol. The van der Waals surface area contributed by atoms with Crippen LogP contribution in [0.1, 0.15) is 5.56 Å². The highest BCUT2D eigenvalue weighted by molar-refractivity contribution is 7.99. The summed E-state index contributed by atoms with van der Waals surface area (Å²) >= 11 is 6.65. The van der Waals surface area contributed by atoms with Crippen LogP contribution in [0.25, 0.3) is 0 Å². The van der Waals surface area contributed by atoms with Crippen LogP contribution in [0.4, 0.5) is 18.0 Å². The number of pyridine rings is 1. The molecule has 0 bridgehead atoms. The van der Waals surface area contributed by atoms with Crippen LogP contribution in [0.3, 0.4) is 0 Å². The molecule has 1 heterocycles. The molecule has 9 heteroatoms. The number of nitrogens with zero attached hydrogens (tertiary/aromatic N) is 2. The molecule has 0 aliphatic rings. The fraction of sp³-hybridized carbons (Fsp3) is 0.455. The third-order valence-corrected chi connectivity index (χ3v) is 3.24. The van der Waals surface area contributed by atoms with Gasteiger partial charge in [0.15, 0.2) is 0 Å². The topological polar surface area (TPSA) is 45.2 Å². The molecular formula is C11H13ClF3N3OS. The second-order valence-electron chi connectivity index (χ2n) is 3.99. The van der Waals surface area contributed by atoms with E-state index >= 15 is 0 Å². The molecule has 0 radical (unpaired) electrons. The van der Waals surface area contributed by atoms with Crippen LogP contribution >= 0.6 is 23.4 Å². The molecule has 20 heavy (non-hydrogen) atoms. The van der Waals surface area contributed by atoms with Crippen molar-refractivity contribution in [2.45, 2.75) is 11.2 Å². The number of carbonyl (C=O) groups excluding carboxylic acids is 1. The van der Waals surface area contributed by atoms with Crippen molar-refractivity contribution >= 4 is 29.4 Å². The van der Waals surface area contributed by atoms with E-state index in [1.807, 2.05) is 0 Å². The molecule has 1 aromatic heterocycles. The summed E-state index contributed by atoms with van der Waals surface area (Å²) in [6.07, 6.45) is -4.46. The van der Waals surface area contributed by atoms with Gasteiger partial charge in [-0.3, -0.25) is 0 Å². The van der Waals surface area contributed by atoms with Gasteiger partial charge in [0, 0.05) is 26.4 Å². The van der Waals surface area contributed by atoms with Crippen molar-refractivity contribution in [3.8, 4) is 0 Å². The molecule has 0 spiro atoms. The summed E-state index contributed by atoms with van der Waals surface area (Å²) in [6.45, 7) is 0.317. The van der Waals surface area contributed by atoms with Crippen LogP contribution in [-0.4, -0.2) is 42.3 Å². The van der Waals surface area contributed by atoms with Gasteiger partial charge in [-0.25, -0.2) is 9.78 Å². The number of halogens is 4. The Hall–Kier alpha value is -1.15. The van der Waals surface area contributed by atoms with E-state index in [1.165, 1.54) is 4.90 Å². The van der Waals surface area contributed by atoms with Gasteiger partial charge < -0.3 is 10.2 Å². The van der Waals surface area contributed by atoms with Gasteiger partial charge >= 0.3 is 12.2 Å². The zero-order chi connectivity index (χ0) is 15.3. The van der Waals surface area contributed by atoms with Crippen molar-refractivity contribution in [1.82, 2.24) is 15.2 Å². The number of alkyl halides is 3. The van der Waals surface area contributed by atoms with Gasteiger partial charge in [-0.15, -0.1) is 11.8 Å². The minimum atomic E-state index is -4.46. The molecule has 0 aliphatic heterocycles. The van der Waals surface area contributed by atoms with Gasteiger partial charge in [0.25, 0.3) is 0 Å². The van der Waals surface area contributed by atoms with Gasteiger partial charge in [-0.05, 0) is 12.1 Å². The largest absolute Gasteiger partial charge is 0.416 e. The van der Waals surface area contributed by atoms with Crippen molar-refractivity contribution in [1.29, 1.82) is 0 Å². The number of rotatable bonds is 4. The van der Waals surface area contributed by atoms with E-state index in [1.54, 1.807) is 14.1 Å². The third-order valence-electron chi connectivity index (χ3n) is 2.13. The number of carbonyl (C=O) groups is 1. The molecule has 0 fully saturated rings. The molecule has 2 amide bonds. The molecule has 0 atom stereocenters. The third kappa shape index (κ3) is 5.46. The molecule has 0 aliphatic carbocycles. The lowest BCUT2D eigenvalue weighted by molar-refractivity contribution is -0.137. The standard InChI is InChI=1S/C11H13ClF3N3OS/c1-18(2)10(19)16-3-4-20-9-6-7(11(13,14)15)5-8(12)17-9/h5-6H,3-4H2,1-2H3,(H,16,19). The smallest absolute Gasteiger partial charge is 0.337 e. The molecular weight excluding hydrogens is 315 g/mol. The van der Waals surface area contributed by atoms with Crippen molar-refractivity contribution in [2.24, 2.45) is 0 Å². The van der Waals surface area contributed by atoms with Crippen LogP contribution < -0.4 is 5.32 Å². The quantitative estimate of drug-likeness (QED) is 0.525. The maximum Gasteiger partial charge on any atom is 0.416 e. The predicted octanol–water partition coefficient (Wildman–Crippen LogP) is 3.12. The summed E-state index contributed by atoms with van der Waals surface area (Å²) in [7, 11) is 3.19. The van der Waals surface area contributed by atoms with Crippen molar-refractivity contribution in [3.05, 3.63) is 22.8 Å². The van der Waals surface area contributed by atoms with Gasteiger partial charge in [0.2, 0.25) is 0 Å². The summed E-state index contributed by atoms with van der Waals surface area (Å²) in [5, 5.41) is 2.56. The van der Waals surface area contributed by atoms with Crippen LogP contribution in [0, 0.1) is 0 Å². The molecule has 0 aromatic carbocycles. The average molecular weight is 328 g/mol. The number of hydrogen-bond donors (Lipinski definition) is 1. The van der Waals surface area contributed by atoms with E-state index in [9.17, 15) is 18.0 Å². The Kier molecular flexibility index (Phi) is 5.94. The first-order chi connectivity index (χ1) is 9.20. The van der Waals surface area contributed by atoms with Crippen LogP contribution in [0.15, 0.2) is 17.2 Å². The predicted molar refractivity (Wildman–Crippen MR) is 72.1 cm³/mol. The van der Waals surface area contributed by atoms with Crippen molar-refractivity contribution < 1.29 is 18.0 Å². The van der Waals surface area contributed by atoms with Crippen molar-refractivity contribution in [2.75, 3.05) is 26.4 Å². The Bertz CT molecular complexity index is 482. The summed E-state index contributed by atoms with van der Waals surface area (Å²) in [5.74, 6) is 0.393. The molecule has 1 aromatic rings. The Balaban J connectivity index is 2.56. The lowest BCUT2D eigenvalue weighted by Gasteiger charge is -2.12. The van der Waals surface area contributed by atoms with E-state index in [0.717, 1.165) is 23.9 Å². The summed E-state index contributed by atoms with van der Waals surface area (Å²) in [4.78, 5) is 16.4. The molecule has 0 saturated heterocycles. The highest BCUT2D eigenvalue weighted by Crippen LogP contribution is 2.32. The van der Waals surface area contributed by atoms with E-state index in [2.05, 4.69) is 10.3 Å². The Morgan fingerprint density at radius 1 is 1.45 bits per heavy atom. The van der Waals surface area contributed by atoms with Crippen LogP contribution in [-0.2, 0) is 6.18 Å². The Labute approximate surface area is 123 Å². The maximum absolute atomic E-state index is 12.6. The minimum Gasteiger partial charge on any atom is -0.337 e. The number of amides is 2. The zero-order valence-corrected chi connectivity index (χ0v) is 12.4. The molecule has 0 saturated carbocycles. The van der Waals surface area contributed by atoms with E-state index in [-0.39, 0.29) is 16.2 Å². The number of nitrogens with one attached hydrogen (secondary N) is 1.